The van der Waals surface area contributed by atoms with Gasteiger partial charge in [0.1, 0.15) is 28.2 Å². The minimum Gasteiger partial charge on any atom is -0.340 e. The van der Waals surface area contributed by atoms with Crippen molar-refractivity contribution in [3.05, 3.63) is 93.9 Å². The number of hydrogen-bond acceptors (Lipinski definition) is 4. The molecule has 1 aliphatic heterocycles. The number of thiazole rings is 1. The minimum atomic E-state index is -0.690. The molecule has 0 radical (unpaired) electrons. The maximum atomic E-state index is 14.3. The number of carbonyl (C=O) groups excluding carboxylic acids is 1. The van der Waals surface area contributed by atoms with Crippen LogP contribution in [0, 0.1) is 25.5 Å². The largest absolute Gasteiger partial charge is 0.340 e. The SMILES string of the molecule is Cc1cc(F)ccc1-c1nc(C(=O)N2CCCC2(C)c2nc3c(C)c(Cl)ccc3[nH]2)c(-c2ccc(F)cc2)s1. The van der Waals surface area contributed by atoms with Crippen molar-refractivity contribution in [3.8, 4) is 21.0 Å². The molecule has 1 aliphatic rings. The molecule has 0 aliphatic carbocycles. The van der Waals surface area contributed by atoms with E-state index < -0.39 is 5.54 Å². The van der Waals surface area contributed by atoms with Crippen LogP contribution in [0.15, 0.2) is 54.6 Å². The number of halogens is 3. The van der Waals surface area contributed by atoms with Crippen LogP contribution in [-0.4, -0.2) is 32.3 Å². The number of hydrogen-bond donors (Lipinski definition) is 1. The molecule has 39 heavy (non-hydrogen) atoms. The summed E-state index contributed by atoms with van der Waals surface area (Å²) in [5.41, 5.74) is 4.29. The Morgan fingerprint density at radius 2 is 1.79 bits per heavy atom. The highest BCUT2D eigenvalue weighted by Gasteiger charge is 2.45. The number of likely N-dealkylation sites (tertiary alicyclic amines) is 1. The number of imidazole rings is 1. The van der Waals surface area contributed by atoms with Crippen LogP contribution < -0.4 is 0 Å². The first kappa shape index (κ1) is 25.6. The number of carbonyl (C=O) groups is 1. The highest BCUT2D eigenvalue weighted by molar-refractivity contribution is 7.18. The van der Waals surface area contributed by atoms with Crippen LogP contribution in [0.2, 0.25) is 5.02 Å². The number of amides is 1. The fourth-order valence-corrected chi connectivity index (χ4v) is 6.66. The lowest BCUT2D eigenvalue weighted by atomic mass is 9.97. The fourth-order valence-electron chi connectivity index (χ4n) is 5.35. The van der Waals surface area contributed by atoms with Gasteiger partial charge in [-0.3, -0.25) is 4.79 Å². The number of fused-ring (bicyclic) bond motifs is 1. The van der Waals surface area contributed by atoms with Gasteiger partial charge in [0.15, 0.2) is 0 Å². The zero-order chi connectivity index (χ0) is 27.5. The maximum Gasteiger partial charge on any atom is 0.274 e. The molecule has 1 amide bonds. The summed E-state index contributed by atoms with van der Waals surface area (Å²) >= 11 is 7.68. The molecule has 2 aromatic heterocycles. The standard InChI is InChI=1S/C30H25ClF2N4OS/c1-16-15-20(33)9-10-21(16)27-35-25(26(39-27)18-5-7-19(32)8-6-18)28(38)37-14-4-13-30(37,3)29-34-23-12-11-22(31)17(2)24(23)36-29/h5-12,15H,4,13-14H2,1-3H3,(H,34,36). The van der Waals surface area contributed by atoms with E-state index in [4.69, 9.17) is 21.6 Å². The van der Waals surface area contributed by atoms with E-state index >= 15 is 0 Å². The van der Waals surface area contributed by atoms with Crippen molar-refractivity contribution < 1.29 is 13.6 Å². The second-order valence-electron chi connectivity index (χ2n) is 10.2. The van der Waals surface area contributed by atoms with Crippen LogP contribution in [0.5, 0.6) is 0 Å². The van der Waals surface area contributed by atoms with Gasteiger partial charge in [0.05, 0.1) is 21.4 Å². The molecule has 5 nitrogen and oxygen atoms in total. The molecular weight excluding hydrogens is 538 g/mol. The Balaban J connectivity index is 1.46. The van der Waals surface area contributed by atoms with Crippen molar-refractivity contribution >= 4 is 39.9 Å². The summed E-state index contributed by atoms with van der Waals surface area (Å²) in [6.07, 6.45) is 1.53. The lowest BCUT2D eigenvalue weighted by Gasteiger charge is -2.33. The van der Waals surface area contributed by atoms with E-state index in [1.807, 2.05) is 37.8 Å². The Morgan fingerprint density at radius 1 is 1.05 bits per heavy atom. The number of nitrogens with one attached hydrogen (secondary N) is 1. The third kappa shape index (κ3) is 4.32. The van der Waals surface area contributed by atoms with Gasteiger partial charge in [0, 0.05) is 17.1 Å². The molecule has 1 unspecified atom stereocenters. The van der Waals surface area contributed by atoms with E-state index in [9.17, 15) is 13.6 Å². The van der Waals surface area contributed by atoms with Crippen molar-refractivity contribution in [2.75, 3.05) is 6.54 Å². The van der Waals surface area contributed by atoms with Crippen molar-refractivity contribution in [2.45, 2.75) is 39.2 Å². The Bertz CT molecular complexity index is 1750. The van der Waals surface area contributed by atoms with Crippen molar-refractivity contribution in [1.29, 1.82) is 0 Å². The zero-order valence-corrected chi connectivity index (χ0v) is 23.2. The topological polar surface area (TPSA) is 61.9 Å². The molecule has 9 heteroatoms. The number of aryl methyl sites for hydroxylation is 2. The molecular formula is C30H25ClF2N4OS. The summed E-state index contributed by atoms with van der Waals surface area (Å²) in [4.78, 5) is 29.9. The van der Waals surface area contributed by atoms with Crippen molar-refractivity contribution in [3.63, 3.8) is 0 Å². The normalized spacial score (nSPS) is 17.3. The van der Waals surface area contributed by atoms with Crippen molar-refractivity contribution in [2.24, 2.45) is 0 Å². The van der Waals surface area contributed by atoms with Gasteiger partial charge in [-0.1, -0.05) is 23.7 Å². The summed E-state index contributed by atoms with van der Waals surface area (Å²) in [7, 11) is 0. The first-order valence-electron chi connectivity index (χ1n) is 12.7. The average molecular weight is 563 g/mol. The van der Waals surface area contributed by atoms with Crippen LogP contribution >= 0.6 is 22.9 Å². The van der Waals surface area contributed by atoms with Gasteiger partial charge in [0.2, 0.25) is 0 Å². The molecule has 3 heterocycles. The number of rotatable bonds is 4. The van der Waals surface area contributed by atoms with E-state index in [2.05, 4.69) is 4.98 Å². The summed E-state index contributed by atoms with van der Waals surface area (Å²) in [6, 6.07) is 14.3. The van der Waals surface area contributed by atoms with E-state index in [1.54, 1.807) is 18.2 Å². The number of benzene rings is 3. The Hall–Kier alpha value is -3.62. The Kier molecular flexibility index (Phi) is 6.27. The summed E-state index contributed by atoms with van der Waals surface area (Å²) in [5, 5.41) is 1.24. The molecule has 1 N–H and O–H groups in total. The third-order valence-electron chi connectivity index (χ3n) is 7.59. The van der Waals surface area contributed by atoms with Gasteiger partial charge in [-0.15, -0.1) is 11.3 Å². The lowest BCUT2D eigenvalue weighted by Crippen LogP contribution is -2.44. The third-order valence-corrected chi connectivity index (χ3v) is 9.14. The predicted octanol–water partition coefficient (Wildman–Crippen LogP) is 8.05. The van der Waals surface area contributed by atoms with E-state index in [-0.39, 0.29) is 23.2 Å². The van der Waals surface area contributed by atoms with Gasteiger partial charge in [-0.2, -0.15) is 0 Å². The van der Waals surface area contributed by atoms with E-state index in [1.165, 1.54) is 35.6 Å². The molecule has 1 saturated heterocycles. The second-order valence-corrected chi connectivity index (χ2v) is 11.6. The van der Waals surface area contributed by atoms with Crippen LogP contribution in [-0.2, 0) is 5.54 Å². The van der Waals surface area contributed by atoms with E-state index in [0.29, 0.717) is 32.8 Å². The zero-order valence-electron chi connectivity index (χ0n) is 21.6. The molecule has 198 valence electrons. The number of aromatic amines is 1. The molecule has 0 bridgehead atoms. The first-order chi connectivity index (χ1) is 18.7. The fraction of sp³-hybridized carbons (Fsp3) is 0.233. The molecule has 5 aromatic rings. The molecule has 0 spiro atoms. The van der Waals surface area contributed by atoms with Gasteiger partial charge in [-0.25, -0.2) is 18.7 Å². The van der Waals surface area contributed by atoms with Crippen molar-refractivity contribution in [1.82, 2.24) is 19.9 Å². The molecule has 0 saturated carbocycles. The lowest BCUT2D eigenvalue weighted by molar-refractivity contribution is 0.0601. The average Bonchev–Trinajstić information content (AvgIpc) is 3.64. The molecule has 1 fully saturated rings. The van der Waals surface area contributed by atoms with Crippen LogP contribution in [0.1, 0.15) is 47.2 Å². The van der Waals surface area contributed by atoms with Gasteiger partial charge < -0.3 is 9.88 Å². The van der Waals surface area contributed by atoms with Gasteiger partial charge >= 0.3 is 0 Å². The second kappa shape index (κ2) is 9.54. The number of aromatic nitrogens is 3. The van der Waals surface area contributed by atoms with Crippen LogP contribution in [0.4, 0.5) is 8.78 Å². The minimum absolute atomic E-state index is 0.230. The summed E-state index contributed by atoms with van der Waals surface area (Å²) in [6.45, 7) is 6.30. The summed E-state index contributed by atoms with van der Waals surface area (Å²) in [5.74, 6) is -0.232. The molecule has 6 rings (SSSR count). The van der Waals surface area contributed by atoms with Crippen LogP contribution in [0.3, 0.4) is 0 Å². The number of H-pyrrole nitrogens is 1. The molecule has 3 aromatic carbocycles. The highest BCUT2D eigenvalue weighted by Crippen LogP contribution is 2.43. The summed E-state index contributed by atoms with van der Waals surface area (Å²) < 4.78 is 27.6. The van der Waals surface area contributed by atoms with Gasteiger partial charge in [-0.05, 0) is 92.8 Å². The maximum absolute atomic E-state index is 14.3. The predicted molar refractivity (Wildman–Crippen MR) is 151 cm³/mol. The Morgan fingerprint density at radius 3 is 2.54 bits per heavy atom. The quantitative estimate of drug-likeness (QED) is 0.241. The Labute approximate surface area is 233 Å². The van der Waals surface area contributed by atoms with Crippen LogP contribution in [0.25, 0.3) is 32.0 Å². The smallest absolute Gasteiger partial charge is 0.274 e. The monoisotopic (exact) mass is 562 g/mol. The van der Waals surface area contributed by atoms with Gasteiger partial charge in [0.25, 0.3) is 5.91 Å². The first-order valence-corrected chi connectivity index (χ1v) is 13.9. The van der Waals surface area contributed by atoms with E-state index in [0.717, 1.165) is 40.6 Å². The number of nitrogens with zero attached hydrogens (tertiary/aromatic N) is 3. The molecule has 1 atom stereocenters. The highest BCUT2D eigenvalue weighted by atomic mass is 35.5.